The van der Waals surface area contributed by atoms with Crippen molar-refractivity contribution in [1.82, 2.24) is 0 Å². The summed E-state index contributed by atoms with van der Waals surface area (Å²) in [5.74, 6) is -0.601. The number of benzene rings is 1. The molecule has 18 heavy (non-hydrogen) atoms. The Morgan fingerprint density at radius 3 is 2.61 bits per heavy atom. The van der Waals surface area contributed by atoms with Crippen molar-refractivity contribution >= 4 is 11.7 Å². The zero-order valence-corrected chi connectivity index (χ0v) is 9.80. The van der Waals surface area contributed by atoms with Crippen molar-refractivity contribution in [1.29, 1.82) is 5.26 Å². The zero-order chi connectivity index (χ0) is 13.7. The monoisotopic (exact) mass is 250 g/mol. The van der Waals surface area contributed by atoms with Gasteiger partial charge in [-0.05, 0) is 6.07 Å². The first-order chi connectivity index (χ1) is 8.54. The van der Waals surface area contributed by atoms with Crippen molar-refractivity contribution in [2.45, 2.75) is 6.42 Å². The minimum atomic E-state index is -0.738. The molecule has 1 aromatic rings. The number of carbonyl (C=O) groups excluding carboxylic acids is 1. The van der Waals surface area contributed by atoms with Gasteiger partial charge in [-0.15, -0.1) is 0 Å². The van der Waals surface area contributed by atoms with Gasteiger partial charge in [0, 0.05) is 11.6 Å². The topological polar surface area (TPSA) is 102 Å². The lowest BCUT2D eigenvalue weighted by Gasteiger charge is -2.08. The molecule has 0 amide bonds. The minimum Gasteiger partial charge on any atom is -0.496 e. The molecule has 0 saturated carbocycles. The summed E-state index contributed by atoms with van der Waals surface area (Å²) in [5, 5.41) is 19.5. The number of nitriles is 1. The highest BCUT2D eigenvalue weighted by Crippen LogP contribution is 2.29. The number of nitro benzene ring substituents is 1. The largest absolute Gasteiger partial charge is 0.496 e. The number of nitro groups is 1. The van der Waals surface area contributed by atoms with Crippen molar-refractivity contribution in [3.05, 3.63) is 33.4 Å². The van der Waals surface area contributed by atoms with Crippen LogP contribution in [0.1, 0.15) is 15.9 Å². The molecule has 1 aromatic carbocycles. The number of carbonyl (C=O) groups is 1. The normalized spacial score (nSPS) is 9.39. The average molecular weight is 250 g/mol. The van der Waals surface area contributed by atoms with Gasteiger partial charge in [0.05, 0.1) is 31.6 Å². The first-order valence-electron chi connectivity index (χ1n) is 4.85. The van der Waals surface area contributed by atoms with Crippen molar-refractivity contribution in [3.8, 4) is 11.8 Å². The maximum absolute atomic E-state index is 11.4. The van der Waals surface area contributed by atoms with Gasteiger partial charge in [-0.1, -0.05) is 0 Å². The molecular formula is C11H10N2O5. The van der Waals surface area contributed by atoms with Crippen LogP contribution in [0, 0.1) is 21.4 Å². The summed E-state index contributed by atoms with van der Waals surface area (Å²) >= 11 is 0. The maximum Gasteiger partial charge on any atom is 0.341 e. The fourth-order valence-corrected chi connectivity index (χ4v) is 1.45. The third kappa shape index (κ3) is 2.55. The Morgan fingerprint density at radius 2 is 2.17 bits per heavy atom. The third-order valence-corrected chi connectivity index (χ3v) is 2.27. The van der Waals surface area contributed by atoms with Gasteiger partial charge in [-0.3, -0.25) is 10.1 Å². The van der Waals surface area contributed by atoms with Gasteiger partial charge in [0.15, 0.2) is 0 Å². The van der Waals surface area contributed by atoms with Crippen LogP contribution in [-0.2, 0) is 11.2 Å². The van der Waals surface area contributed by atoms with E-state index in [0.29, 0.717) is 0 Å². The molecule has 0 spiro atoms. The van der Waals surface area contributed by atoms with E-state index < -0.39 is 10.9 Å². The highest BCUT2D eigenvalue weighted by molar-refractivity contribution is 5.93. The highest BCUT2D eigenvalue weighted by atomic mass is 16.6. The van der Waals surface area contributed by atoms with E-state index in [1.54, 1.807) is 0 Å². The van der Waals surface area contributed by atoms with Crippen LogP contribution in [0.3, 0.4) is 0 Å². The fourth-order valence-electron chi connectivity index (χ4n) is 1.45. The predicted octanol–water partition coefficient (Wildman–Crippen LogP) is 1.46. The predicted molar refractivity (Wildman–Crippen MR) is 60.3 cm³/mol. The van der Waals surface area contributed by atoms with Gasteiger partial charge in [0.25, 0.3) is 5.69 Å². The molecule has 0 aliphatic rings. The van der Waals surface area contributed by atoms with Gasteiger partial charge in [-0.2, -0.15) is 5.26 Å². The molecule has 0 atom stereocenters. The molecule has 7 heteroatoms. The molecule has 0 aromatic heterocycles. The van der Waals surface area contributed by atoms with E-state index in [0.717, 1.165) is 13.2 Å². The quantitative estimate of drug-likeness (QED) is 0.455. The Kier molecular flexibility index (Phi) is 4.21. The third-order valence-electron chi connectivity index (χ3n) is 2.27. The Labute approximate surface area is 103 Å². The zero-order valence-electron chi connectivity index (χ0n) is 9.80. The molecule has 1 rings (SSSR count). The lowest BCUT2D eigenvalue weighted by Crippen LogP contribution is -2.07. The molecular weight excluding hydrogens is 240 g/mol. The van der Waals surface area contributed by atoms with Crippen molar-refractivity contribution in [2.75, 3.05) is 14.2 Å². The molecule has 0 bridgehead atoms. The van der Waals surface area contributed by atoms with Crippen LogP contribution in [0.15, 0.2) is 12.1 Å². The molecule has 0 unspecified atom stereocenters. The molecule has 0 N–H and O–H groups in total. The molecule has 0 radical (unpaired) electrons. The second kappa shape index (κ2) is 5.63. The number of nitrogens with zero attached hydrogens (tertiary/aromatic N) is 2. The van der Waals surface area contributed by atoms with Crippen molar-refractivity contribution in [3.63, 3.8) is 0 Å². The maximum atomic E-state index is 11.4. The summed E-state index contributed by atoms with van der Waals surface area (Å²) < 4.78 is 9.46. The SMILES string of the molecule is COC(=O)c1cc([N+](=O)[O-])c(CC#N)cc1OC. The number of ether oxygens (including phenoxy) is 2. The van der Waals surface area contributed by atoms with E-state index in [2.05, 4.69) is 4.74 Å². The fraction of sp³-hybridized carbons (Fsp3) is 0.273. The number of rotatable bonds is 4. The molecule has 0 heterocycles. The van der Waals surface area contributed by atoms with Gasteiger partial charge in [0.1, 0.15) is 11.3 Å². The van der Waals surface area contributed by atoms with Crippen LogP contribution >= 0.6 is 0 Å². The second-order valence-electron chi connectivity index (χ2n) is 3.26. The number of esters is 1. The number of methoxy groups -OCH3 is 2. The van der Waals surface area contributed by atoms with Gasteiger partial charge >= 0.3 is 5.97 Å². The first kappa shape index (κ1) is 13.4. The van der Waals surface area contributed by atoms with E-state index in [-0.39, 0.29) is 29.0 Å². The Morgan fingerprint density at radius 1 is 1.50 bits per heavy atom. The van der Waals surface area contributed by atoms with E-state index in [1.807, 2.05) is 6.07 Å². The summed E-state index contributed by atoms with van der Waals surface area (Å²) in [4.78, 5) is 21.7. The molecule has 0 aliphatic heterocycles. The second-order valence-corrected chi connectivity index (χ2v) is 3.26. The Hall–Kier alpha value is -2.62. The van der Waals surface area contributed by atoms with Crippen LogP contribution < -0.4 is 4.74 Å². The van der Waals surface area contributed by atoms with Crippen molar-refractivity contribution < 1.29 is 19.2 Å². The summed E-state index contributed by atoms with van der Waals surface area (Å²) in [6, 6.07) is 4.17. The van der Waals surface area contributed by atoms with Gasteiger partial charge in [-0.25, -0.2) is 4.79 Å². The summed E-state index contributed by atoms with van der Waals surface area (Å²) in [6.45, 7) is 0. The molecule has 0 saturated heterocycles. The van der Waals surface area contributed by atoms with Crippen LogP contribution in [0.2, 0.25) is 0 Å². The average Bonchev–Trinajstić information content (AvgIpc) is 2.37. The van der Waals surface area contributed by atoms with Crippen LogP contribution in [0.5, 0.6) is 5.75 Å². The van der Waals surface area contributed by atoms with Crippen LogP contribution in [0.25, 0.3) is 0 Å². The number of hydrogen-bond donors (Lipinski definition) is 0. The Bertz CT molecular complexity index is 532. The van der Waals surface area contributed by atoms with Crippen molar-refractivity contribution in [2.24, 2.45) is 0 Å². The summed E-state index contributed by atoms with van der Waals surface area (Å²) in [5.41, 5.74) is -0.168. The lowest BCUT2D eigenvalue weighted by molar-refractivity contribution is -0.385. The summed E-state index contributed by atoms with van der Waals surface area (Å²) in [7, 11) is 2.49. The first-order valence-corrected chi connectivity index (χ1v) is 4.85. The highest BCUT2D eigenvalue weighted by Gasteiger charge is 2.22. The molecule has 0 aliphatic carbocycles. The Balaban J connectivity index is 3.46. The molecule has 0 fully saturated rings. The lowest BCUT2D eigenvalue weighted by atomic mass is 10.1. The van der Waals surface area contributed by atoms with Gasteiger partial charge in [0.2, 0.25) is 0 Å². The van der Waals surface area contributed by atoms with Crippen LogP contribution in [0.4, 0.5) is 5.69 Å². The van der Waals surface area contributed by atoms with E-state index in [4.69, 9.17) is 10.00 Å². The van der Waals surface area contributed by atoms with Crippen LogP contribution in [-0.4, -0.2) is 25.1 Å². The standard InChI is InChI=1S/C11H10N2O5/c1-17-10-5-7(3-4-12)9(13(15)16)6-8(10)11(14)18-2/h5-6H,3H2,1-2H3. The summed E-state index contributed by atoms with van der Waals surface area (Å²) in [6.07, 6.45) is -0.145. The molecule has 94 valence electrons. The van der Waals surface area contributed by atoms with E-state index in [1.165, 1.54) is 13.2 Å². The molecule has 7 nitrogen and oxygen atoms in total. The van der Waals surface area contributed by atoms with E-state index in [9.17, 15) is 14.9 Å². The minimum absolute atomic E-state index is 0.0478. The van der Waals surface area contributed by atoms with E-state index >= 15 is 0 Å². The van der Waals surface area contributed by atoms with Gasteiger partial charge < -0.3 is 9.47 Å². The smallest absolute Gasteiger partial charge is 0.341 e. The number of hydrogen-bond acceptors (Lipinski definition) is 6.